The lowest BCUT2D eigenvalue weighted by atomic mass is 10.2. The van der Waals surface area contributed by atoms with E-state index in [0.29, 0.717) is 24.5 Å². The molecule has 0 aromatic carbocycles. The van der Waals surface area contributed by atoms with Gasteiger partial charge in [-0.05, 0) is 34.6 Å². The van der Waals surface area contributed by atoms with Crippen LogP contribution in [0.3, 0.4) is 0 Å². The standard InChI is InChI=1S/C15H25N5O4S/c1-10-6-17-25(22,23)20(10)12-7-16-19-8-11(2)18(9-13(12)19)14(21)24-15(3,4)5/h7,10-11,17H,6,8-9H2,1-5H3/t10-,11-/m0/s1. The van der Waals surface area contributed by atoms with Gasteiger partial charge in [-0.25, -0.2) is 4.79 Å². The molecule has 0 radical (unpaired) electrons. The molecule has 1 fully saturated rings. The van der Waals surface area contributed by atoms with Crippen molar-refractivity contribution in [3.63, 3.8) is 0 Å². The lowest BCUT2D eigenvalue weighted by Crippen LogP contribution is -2.47. The van der Waals surface area contributed by atoms with E-state index in [2.05, 4.69) is 9.82 Å². The van der Waals surface area contributed by atoms with Crippen LogP contribution in [0, 0.1) is 0 Å². The zero-order valence-corrected chi connectivity index (χ0v) is 16.0. The molecule has 2 aliphatic heterocycles. The number of ether oxygens (including phenoxy) is 1. The van der Waals surface area contributed by atoms with Gasteiger partial charge in [-0.1, -0.05) is 0 Å². The monoisotopic (exact) mass is 371 g/mol. The van der Waals surface area contributed by atoms with Gasteiger partial charge >= 0.3 is 16.3 Å². The van der Waals surface area contributed by atoms with Crippen molar-refractivity contribution in [1.82, 2.24) is 19.4 Å². The van der Waals surface area contributed by atoms with Gasteiger partial charge in [0, 0.05) is 6.54 Å². The van der Waals surface area contributed by atoms with Crippen molar-refractivity contribution < 1.29 is 17.9 Å². The maximum Gasteiger partial charge on any atom is 0.410 e. The van der Waals surface area contributed by atoms with Crippen molar-refractivity contribution in [1.29, 1.82) is 0 Å². The number of amides is 1. The summed E-state index contributed by atoms with van der Waals surface area (Å²) in [6.45, 7) is 10.3. The third-order valence-corrected chi connectivity index (χ3v) is 5.91. The highest BCUT2D eigenvalue weighted by atomic mass is 32.2. The first kappa shape index (κ1) is 18.0. The molecule has 25 heavy (non-hydrogen) atoms. The average Bonchev–Trinajstić information content (AvgIpc) is 2.96. The lowest BCUT2D eigenvalue weighted by molar-refractivity contribution is 0.00914. The number of fused-ring (bicyclic) bond motifs is 1. The summed E-state index contributed by atoms with van der Waals surface area (Å²) in [5.41, 5.74) is 0.620. The summed E-state index contributed by atoms with van der Waals surface area (Å²) < 4.78 is 35.7. The summed E-state index contributed by atoms with van der Waals surface area (Å²) in [5, 5.41) is 4.32. The number of rotatable bonds is 1. The minimum Gasteiger partial charge on any atom is -0.444 e. The molecule has 0 spiro atoms. The third kappa shape index (κ3) is 3.32. The van der Waals surface area contributed by atoms with Crippen LogP contribution >= 0.6 is 0 Å². The Labute approximate surface area is 148 Å². The Bertz CT molecular complexity index is 782. The lowest BCUT2D eigenvalue weighted by Gasteiger charge is -2.36. The molecule has 2 atom stereocenters. The fourth-order valence-corrected chi connectivity index (χ4v) is 4.67. The molecular weight excluding hydrogens is 346 g/mol. The number of carbonyl (C=O) groups is 1. The number of carbonyl (C=O) groups excluding carboxylic acids is 1. The zero-order chi connectivity index (χ0) is 18.6. The third-order valence-electron chi connectivity index (χ3n) is 4.30. The van der Waals surface area contributed by atoms with Crippen LogP contribution in [-0.4, -0.2) is 53.4 Å². The maximum atomic E-state index is 12.5. The molecule has 0 saturated carbocycles. The molecule has 3 rings (SSSR count). The predicted octanol–water partition coefficient (Wildman–Crippen LogP) is 1.07. The molecule has 0 bridgehead atoms. The van der Waals surface area contributed by atoms with Crippen LogP contribution in [0.15, 0.2) is 6.20 Å². The molecule has 1 aromatic rings. The van der Waals surface area contributed by atoms with E-state index < -0.39 is 21.9 Å². The van der Waals surface area contributed by atoms with Crippen molar-refractivity contribution in [3.8, 4) is 0 Å². The highest BCUT2D eigenvalue weighted by Crippen LogP contribution is 2.32. The number of anilines is 1. The van der Waals surface area contributed by atoms with Gasteiger partial charge in [0.25, 0.3) is 0 Å². The first-order valence-electron chi connectivity index (χ1n) is 8.33. The Morgan fingerprint density at radius 3 is 2.56 bits per heavy atom. The van der Waals surface area contributed by atoms with E-state index in [1.807, 2.05) is 34.6 Å². The van der Waals surface area contributed by atoms with E-state index in [-0.39, 0.29) is 18.6 Å². The molecule has 1 amide bonds. The number of hydrogen-bond acceptors (Lipinski definition) is 5. The Kier molecular flexibility index (Phi) is 4.23. The predicted molar refractivity (Wildman–Crippen MR) is 92.3 cm³/mol. The van der Waals surface area contributed by atoms with Gasteiger partial charge in [0.15, 0.2) is 0 Å². The van der Waals surface area contributed by atoms with Crippen molar-refractivity contribution >= 4 is 22.0 Å². The quantitative estimate of drug-likeness (QED) is 0.796. The fraction of sp³-hybridized carbons (Fsp3) is 0.733. The number of nitrogens with zero attached hydrogens (tertiary/aromatic N) is 4. The van der Waals surface area contributed by atoms with Crippen molar-refractivity contribution in [2.45, 2.75) is 65.4 Å². The smallest absolute Gasteiger partial charge is 0.410 e. The summed E-state index contributed by atoms with van der Waals surface area (Å²) >= 11 is 0. The zero-order valence-electron chi connectivity index (χ0n) is 15.2. The molecule has 1 saturated heterocycles. The van der Waals surface area contributed by atoms with E-state index in [4.69, 9.17) is 4.74 Å². The van der Waals surface area contributed by atoms with E-state index in [1.54, 1.807) is 15.8 Å². The van der Waals surface area contributed by atoms with Crippen LogP contribution < -0.4 is 9.03 Å². The molecule has 9 nitrogen and oxygen atoms in total. The van der Waals surface area contributed by atoms with Gasteiger partial charge in [0.05, 0.1) is 42.8 Å². The van der Waals surface area contributed by atoms with Gasteiger partial charge in [-0.3, -0.25) is 13.9 Å². The molecule has 0 aliphatic carbocycles. The Morgan fingerprint density at radius 1 is 1.32 bits per heavy atom. The summed E-state index contributed by atoms with van der Waals surface area (Å²) in [4.78, 5) is 14.1. The first-order chi connectivity index (χ1) is 11.5. The average molecular weight is 371 g/mol. The normalized spacial score (nSPS) is 25.8. The first-order valence-corrected chi connectivity index (χ1v) is 9.77. The second-order valence-electron chi connectivity index (χ2n) is 7.61. The highest BCUT2D eigenvalue weighted by molar-refractivity contribution is 7.91. The molecule has 140 valence electrons. The van der Waals surface area contributed by atoms with Crippen molar-refractivity contribution in [2.75, 3.05) is 10.8 Å². The van der Waals surface area contributed by atoms with Crippen LogP contribution in [0.4, 0.5) is 10.5 Å². The van der Waals surface area contributed by atoms with Crippen LogP contribution in [0.25, 0.3) is 0 Å². The van der Waals surface area contributed by atoms with E-state index in [9.17, 15) is 13.2 Å². The fourth-order valence-electron chi connectivity index (χ4n) is 3.12. The van der Waals surface area contributed by atoms with Crippen molar-refractivity contribution in [2.24, 2.45) is 0 Å². The largest absolute Gasteiger partial charge is 0.444 e. The molecule has 3 heterocycles. The Balaban J connectivity index is 1.92. The van der Waals surface area contributed by atoms with Gasteiger partial charge < -0.3 is 4.74 Å². The second-order valence-corrected chi connectivity index (χ2v) is 9.25. The summed E-state index contributed by atoms with van der Waals surface area (Å²) in [5.74, 6) is 0. The van der Waals surface area contributed by atoms with Gasteiger partial charge in [-0.15, -0.1) is 0 Å². The van der Waals surface area contributed by atoms with E-state index in [0.717, 1.165) is 0 Å². The number of hydrogen-bond donors (Lipinski definition) is 1. The van der Waals surface area contributed by atoms with Gasteiger partial charge in [0.2, 0.25) is 0 Å². The van der Waals surface area contributed by atoms with E-state index >= 15 is 0 Å². The topological polar surface area (TPSA) is 96.8 Å². The Morgan fingerprint density at radius 2 is 2.00 bits per heavy atom. The maximum absolute atomic E-state index is 12.5. The molecule has 10 heteroatoms. The van der Waals surface area contributed by atoms with Crippen molar-refractivity contribution in [3.05, 3.63) is 11.9 Å². The SMILES string of the molecule is C[C@H]1Cn2ncc(N3[C@@H](C)CNS3(=O)=O)c2CN1C(=O)OC(C)(C)C. The molecule has 1 aromatic heterocycles. The molecule has 2 aliphatic rings. The van der Waals surface area contributed by atoms with Crippen LogP contribution in [-0.2, 0) is 28.0 Å². The summed E-state index contributed by atoms with van der Waals surface area (Å²) in [6, 6.07) is -0.311. The van der Waals surface area contributed by atoms with E-state index in [1.165, 1.54) is 4.31 Å². The van der Waals surface area contributed by atoms with Gasteiger partial charge in [0.1, 0.15) is 5.60 Å². The van der Waals surface area contributed by atoms with Crippen LogP contribution in [0.1, 0.15) is 40.3 Å². The number of aromatic nitrogens is 2. The van der Waals surface area contributed by atoms with Crippen LogP contribution in [0.2, 0.25) is 0 Å². The minimum atomic E-state index is -3.58. The molecule has 1 N–H and O–H groups in total. The van der Waals surface area contributed by atoms with Gasteiger partial charge in [-0.2, -0.15) is 18.2 Å². The van der Waals surface area contributed by atoms with Crippen LogP contribution in [0.5, 0.6) is 0 Å². The number of nitrogens with one attached hydrogen (secondary N) is 1. The molecule has 0 unspecified atom stereocenters. The molecular formula is C15H25N5O4S. The highest BCUT2D eigenvalue weighted by Gasteiger charge is 2.39. The second kappa shape index (κ2) is 5.87. The summed E-state index contributed by atoms with van der Waals surface area (Å²) in [7, 11) is -3.58. The minimum absolute atomic E-state index is 0.0965. The Hall–Kier alpha value is -1.81. The summed E-state index contributed by atoms with van der Waals surface area (Å²) in [6.07, 6.45) is 1.15.